The minimum Gasteiger partial charge on any atom is -0.435 e. The van der Waals surface area contributed by atoms with Crippen molar-refractivity contribution in [3.05, 3.63) is 24.3 Å². The summed E-state index contributed by atoms with van der Waals surface area (Å²) in [7, 11) is 1.71. The summed E-state index contributed by atoms with van der Waals surface area (Å²) in [6.45, 7) is -0.460. The first kappa shape index (κ1) is 19.0. The van der Waals surface area contributed by atoms with Gasteiger partial charge in [-0.3, -0.25) is 9.69 Å². The van der Waals surface area contributed by atoms with Crippen LogP contribution < -0.4 is 10.1 Å². The Morgan fingerprint density at radius 3 is 2.81 bits per heavy atom. The summed E-state index contributed by atoms with van der Waals surface area (Å²) in [6, 6.07) is 5.86. The highest BCUT2D eigenvalue weighted by Crippen LogP contribution is 2.36. The van der Waals surface area contributed by atoms with Gasteiger partial charge in [0.15, 0.2) is 0 Å². The predicted molar refractivity (Wildman–Crippen MR) is 91.5 cm³/mol. The average Bonchev–Trinajstić information content (AvgIpc) is 3.05. The van der Waals surface area contributed by atoms with Gasteiger partial charge < -0.3 is 19.5 Å². The molecule has 0 saturated carbocycles. The number of piperidine rings is 1. The molecule has 26 heavy (non-hydrogen) atoms. The van der Waals surface area contributed by atoms with Crippen molar-refractivity contribution in [2.24, 2.45) is 0 Å². The number of ether oxygens (including phenoxy) is 3. The van der Waals surface area contributed by atoms with Gasteiger partial charge in [-0.15, -0.1) is 0 Å². The minimum atomic E-state index is -2.87. The molecule has 2 atom stereocenters. The lowest BCUT2D eigenvalue weighted by Gasteiger charge is -2.44. The molecular weight excluding hydrogens is 346 g/mol. The number of hydrogen-bond donors (Lipinski definition) is 1. The van der Waals surface area contributed by atoms with Crippen LogP contribution in [0.5, 0.6) is 5.75 Å². The molecule has 2 heterocycles. The Kier molecular flexibility index (Phi) is 6.05. The normalized spacial score (nSPS) is 26.4. The second kappa shape index (κ2) is 8.28. The Morgan fingerprint density at radius 2 is 2.19 bits per heavy atom. The molecule has 2 saturated heterocycles. The number of likely N-dealkylation sites (tertiary alicyclic amines) is 1. The van der Waals surface area contributed by atoms with Gasteiger partial charge in [-0.1, -0.05) is 0 Å². The first-order valence-corrected chi connectivity index (χ1v) is 8.74. The number of amides is 1. The van der Waals surface area contributed by atoms with Crippen LogP contribution in [-0.2, 0) is 14.3 Å². The van der Waals surface area contributed by atoms with Gasteiger partial charge in [0.2, 0.25) is 5.91 Å². The van der Waals surface area contributed by atoms with E-state index in [0.29, 0.717) is 12.2 Å². The van der Waals surface area contributed by atoms with Crippen LogP contribution in [0.15, 0.2) is 24.3 Å². The van der Waals surface area contributed by atoms with Crippen LogP contribution in [-0.4, -0.2) is 62.5 Å². The van der Waals surface area contributed by atoms with E-state index >= 15 is 0 Å². The van der Waals surface area contributed by atoms with E-state index in [1.54, 1.807) is 7.11 Å². The molecule has 0 bridgehead atoms. The molecule has 1 aromatic carbocycles. The maximum atomic E-state index is 12.3. The number of rotatable bonds is 6. The molecular formula is C18H24F2N2O4. The van der Waals surface area contributed by atoms with Crippen LogP contribution in [0.1, 0.15) is 19.3 Å². The number of carbonyl (C=O) groups is 1. The molecule has 1 N–H and O–H groups in total. The fourth-order valence-corrected chi connectivity index (χ4v) is 3.81. The third-order valence-corrected chi connectivity index (χ3v) is 4.93. The summed E-state index contributed by atoms with van der Waals surface area (Å²) in [4.78, 5) is 14.4. The number of anilines is 1. The van der Waals surface area contributed by atoms with Crippen molar-refractivity contribution in [1.82, 2.24) is 4.90 Å². The van der Waals surface area contributed by atoms with E-state index in [0.717, 1.165) is 32.4 Å². The van der Waals surface area contributed by atoms with Gasteiger partial charge in [0.05, 0.1) is 12.6 Å². The Labute approximate surface area is 151 Å². The van der Waals surface area contributed by atoms with Crippen molar-refractivity contribution in [3.63, 3.8) is 0 Å². The van der Waals surface area contributed by atoms with Gasteiger partial charge in [0.1, 0.15) is 11.4 Å². The van der Waals surface area contributed by atoms with E-state index in [1.165, 1.54) is 24.3 Å². The third-order valence-electron chi connectivity index (χ3n) is 4.93. The van der Waals surface area contributed by atoms with Crippen LogP contribution in [0.4, 0.5) is 14.5 Å². The zero-order chi connectivity index (χ0) is 18.6. The predicted octanol–water partition coefficient (Wildman–Crippen LogP) is 2.50. The summed E-state index contributed by atoms with van der Waals surface area (Å²) in [5.74, 6) is -0.100. The topological polar surface area (TPSA) is 60.0 Å². The molecule has 0 aliphatic carbocycles. The first-order chi connectivity index (χ1) is 12.5. The van der Waals surface area contributed by atoms with Crippen molar-refractivity contribution >= 4 is 11.6 Å². The lowest BCUT2D eigenvalue weighted by atomic mass is 9.87. The van der Waals surface area contributed by atoms with Gasteiger partial charge in [0, 0.05) is 32.5 Å². The van der Waals surface area contributed by atoms with Gasteiger partial charge in [-0.2, -0.15) is 8.78 Å². The molecule has 0 aromatic heterocycles. The van der Waals surface area contributed by atoms with Crippen molar-refractivity contribution in [1.29, 1.82) is 0 Å². The summed E-state index contributed by atoms with van der Waals surface area (Å²) < 4.78 is 40.2. The molecule has 0 radical (unpaired) electrons. The van der Waals surface area contributed by atoms with E-state index in [2.05, 4.69) is 15.0 Å². The molecule has 1 aromatic rings. The number of hydrogen-bond acceptors (Lipinski definition) is 5. The summed E-state index contributed by atoms with van der Waals surface area (Å²) in [5, 5.41) is 2.78. The lowest BCUT2D eigenvalue weighted by molar-refractivity contribution is -0.146. The molecule has 144 valence electrons. The van der Waals surface area contributed by atoms with E-state index in [4.69, 9.17) is 9.47 Å². The number of nitrogens with one attached hydrogen (secondary N) is 1. The summed E-state index contributed by atoms with van der Waals surface area (Å²) in [6.07, 6.45) is 2.83. The van der Waals surface area contributed by atoms with Crippen LogP contribution in [0.3, 0.4) is 0 Å². The second-order valence-corrected chi connectivity index (χ2v) is 6.69. The lowest BCUT2D eigenvalue weighted by Crippen LogP contribution is -2.58. The molecule has 2 fully saturated rings. The highest BCUT2D eigenvalue weighted by Gasteiger charge is 2.47. The largest absolute Gasteiger partial charge is 0.435 e. The fraction of sp³-hybridized carbons (Fsp3) is 0.611. The first-order valence-electron chi connectivity index (χ1n) is 8.74. The Morgan fingerprint density at radius 1 is 1.42 bits per heavy atom. The van der Waals surface area contributed by atoms with Crippen molar-refractivity contribution in [2.75, 3.05) is 38.7 Å². The van der Waals surface area contributed by atoms with Gasteiger partial charge in [-0.25, -0.2) is 0 Å². The quantitative estimate of drug-likeness (QED) is 0.834. The van der Waals surface area contributed by atoms with Gasteiger partial charge in [-0.05, 0) is 43.5 Å². The van der Waals surface area contributed by atoms with Crippen molar-refractivity contribution < 1.29 is 27.8 Å². The van der Waals surface area contributed by atoms with E-state index in [1.807, 2.05) is 0 Å². The summed E-state index contributed by atoms with van der Waals surface area (Å²) in [5.41, 5.74) is 0.219. The smallest absolute Gasteiger partial charge is 0.387 e. The second-order valence-electron chi connectivity index (χ2n) is 6.69. The zero-order valence-electron chi connectivity index (χ0n) is 14.7. The molecule has 1 spiro atoms. The molecule has 3 rings (SSSR count). The number of nitrogens with zero attached hydrogens (tertiary/aromatic N) is 1. The van der Waals surface area contributed by atoms with Gasteiger partial charge >= 0.3 is 6.61 Å². The maximum Gasteiger partial charge on any atom is 0.387 e. The monoisotopic (exact) mass is 370 g/mol. The molecule has 8 heteroatoms. The maximum absolute atomic E-state index is 12.3. The Bertz CT molecular complexity index is 606. The molecule has 2 aliphatic rings. The SMILES string of the molecule is CO[C@@H]1CCN(CC(=O)Nc2ccc(OC(F)F)cc2)C[C@@]12CCCO2. The third kappa shape index (κ3) is 4.49. The zero-order valence-corrected chi connectivity index (χ0v) is 14.7. The summed E-state index contributed by atoms with van der Waals surface area (Å²) >= 11 is 0. The Hall–Kier alpha value is -1.77. The Balaban J connectivity index is 1.53. The van der Waals surface area contributed by atoms with Crippen molar-refractivity contribution in [3.8, 4) is 5.75 Å². The van der Waals surface area contributed by atoms with Crippen LogP contribution in [0, 0.1) is 0 Å². The number of alkyl halides is 2. The van der Waals surface area contributed by atoms with Crippen LogP contribution >= 0.6 is 0 Å². The standard InChI is InChI=1S/C18H24F2N2O4/c1-24-15-7-9-22(12-18(15)8-2-10-25-18)11-16(23)21-13-3-5-14(6-4-13)26-17(19)20/h3-6,15,17H,2,7-12H2,1H3,(H,21,23)/t15-,18+/m1/s1. The average molecular weight is 370 g/mol. The highest BCUT2D eigenvalue weighted by atomic mass is 19.3. The van der Waals surface area contributed by atoms with Crippen molar-refractivity contribution in [2.45, 2.75) is 37.6 Å². The number of methoxy groups -OCH3 is 1. The van der Waals surface area contributed by atoms with E-state index in [9.17, 15) is 13.6 Å². The molecule has 1 amide bonds. The number of benzene rings is 1. The van der Waals surface area contributed by atoms with Crippen LogP contribution in [0.2, 0.25) is 0 Å². The molecule has 0 unspecified atom stereocenters. The van der Waals surface area contributed by atoms with E-state index < -0.39 is 6.61 Å². The molecule has 6 nitrogen and oxygen atoms in total. The minimum absolute atomic E-state index is 0.0555. The number of halogens is 2. The molecule has 2 aliphatic heterocycles. The van der Waals surface area contributed by atoms with Crippen LogP contribution in [0.25, 0.3) is 0 Å². The van der Waals surface area contributed by atoms with E-state index in [-0.39, 0.29) is 29.9 Å². The number of carbonyl (C=O) groups excluding carboxylic acids is 1. The highest BCUT2D eigenvalue weighted by molar-refractivity contribution is 5.92. The van der Waals surface area contributed by atoms with Gasteiger partial charge in [0.25, 0.3) is 0 Å². The fourth-order valence-electron chi connectivity index (χ4n) is 3.81.